The Bertz CT molecular complexity index is 907. The summed E-state index contributed by atoms with van der Waals surface area (Å²) in [5, 5.41) is 6.43. The van der Waals surface area contributed by atoms with E-state index in [1.54, 1.807) is 22.2 Å². The molecule has 2 N–H and O–H groups in total. The highest BCUT2D eigenvalue weighted by molar-refractivity contribution is 7.18. The first-order valence-electron chi connectivity index (χ1n) is 9.17. The molecular weight excluding hydrogens is 352 g/mol. The molecular formula is C18H22N4O3S. The van der Waals surface area contributed by atoms with Gasteiger partial charge in [0.25, 0.3) is 5.56 Å². The van der Waals surface area contributed by atoms with E-state index in [9.17, 15) is 14.4 Å². The van der Waals surface area contributed by atoms with Crippen LogP contribution in [0.15, 0.2) is 11.1 Å². The van der Waals surface area contributed by atoms with Crippen molar-refractivity contribution in [2.75, 3.05) is 6.54 Å². The molecule has 1 unspecified atom stereocenters. The summed E-state index contributed by atoms with van der Waals surface area (Å²) in [6, 6.07) is -0.0265. The summed E-state index contributed by atoms with van der Waals surface area (Å²) in [7, 11) is 0. The lowest BCUT2D eigenvalue weighted by atomic mass is 9.97. The topological polar surface area (TPSA) is 93.1 Å². The Balaban J connectivity index is 1.44. The van der Waals surface area contributed by atoms with Crippen LogP contribution < -0.4 is 16.2 Å². The summed E-state index contributed by atoms with van der Waals surface area (Å²) >= 11 is 1.63. The lowest BCUT2D eigenvalue weighted by Gasteiger charge is -2.23. The minimum absolute atomic E-state index is 0.0265. The quantitative estimate of drug-likeness (QED) is 0.839. The lowest BCUT2D eigenvalue weighted by Crippen LogP contribution is -2.47. The molecule has 138 valence electrons. The van der Waals surface area contributed by atoms with Crippen molar-refractivity contribution in [1.82, 2.24) is 20.2 Å². The first-order chi connectivity index (χ1) is 12.6. The van der Waals surface area contributed by atoms with Gasteiger partial charge in [-0.15, -0.1) is 11.3 Å². The van der Waals surface area contributed by atoms with E-state index in [-0.39, 0.29) is 29.8 Å². The molecule has 2 aromatic rings. The largest absolute Gasteiger partial charge is 0.354 e. The van der Waals surface area contributed by atoms with Crippen LogP contribution in [0.1, 0.15) is 42.5 Å². The summed E-state index contributed by atoms with van der Waals surface area (Å²) in [6.07, 6.45) is 7.16. The van der Waals surface area contributed by atoms with Gasteiger partial charge in [0.2, 0.25) is 11.8 Å². The van der Waals surface area contributed by atoms with E-state index in [1.165, 1.54) is 16.9 Å². The van der Waals surface area contributed by atoms with Crippen LogP contribution in [0, 0.1) is 0 Å². The average Bonchev–Trinajstić information content (AvgIpc) is 3.02. The van der Waals surface area contributed by atoms with E-state index in [1.807, 2.05) is 0 Å². The van der Waals surface area contributed by atoms with E-state index >= 15 is 0 Å². The number of hydrogen-bond acceptors (Lipinski definition) is 5. The van der Waals surface area contributed by atoms with Crippen molar-refractivity contribution in [3.05, 3.63) is 27.1 Å². The van der Waals surface area contributed by atoms with E-state index in [2.05, 4.69) is 15.6 Å². The Morgan fingerprint density at radius 2 is 2.15 bits per heavy atom. The number of amides is 2. The molecule has 1 saturated heterocycles. The van der Waals surface area contributed by atoms with Gasteiger partial charge in [0.1, 0.15) is 4.83 Å². The third-order valence-corrected chi connectivity index (χ3v) is 6.35. The number of carbonyl (C=O) groups is 2. The molecule has 26 heavy (non-hydrogen) atoms. The Morgan fingerprint density at radius 3 is 2.96 bits per heavy atom. The molecule has 1 aliphatic heterocycles. The van der Waals surface area contributed by atoms with Crippen molar-refractivity contribution in [3.8, 4) is 0 Å². The molecule has 4 rings (SSSR count). The first-order valence-corrected chi connectivity index (χ1v) is 9.99. The van der Waals surface area contributed by atoms with Crippen LogP contribution in [-0.4, -0.2) is 34.0 Å². The number of piperidine rings is 1. The molecule has 7 nitrogen and oxygen atoms in total. The summed E-state index contributed by atoms with van der Waals surface area (Å²) in [4.78, 5) is 42.7. The maximum atomic E-state index is 12.9. The number of hydrogen-bond donors (Lipinski definition) is 2. The van der Waals surface area contributed by atoms with E-state index < -0.39 is 0 Å². The molecule has 1 fully saturated rings. The fraction of sp³-hybridized carbons (Fsp3) is 0.556. The summed E-state index contributed by atoms with van der Waals surface area (Å²) < 4.78 is 1.55. The fourth-order valence-electron chi connectivity index (χ4n) is 3.72. The minimum atomic E-state index is -0.106. The number of thiophene rings is 1. The van der Waals surface area contributed by atoms with Crippen LogP contribution in [0.4, 0.5) is 0 Å². The second-order valence-corrected chi connectivity index (χ2v) is 8.07. The van der Waals surface area contributed by atoms with Crippen LogP contribution in [0.25, 0.3) is 10.2 Å². The maximum absolute atomic E-state index is 12.9. The van der Waals surface area contributed by atoms with Gasteiger partial charge in [-0.05, 0) is 37.7 Å². The zero-order chi connectivity index (χ0) is 18.1. The maximum Gasteiger partial charge on any atom is 0.262 e. The Labute approximate surface area is 154 Å². The molecule has 2 aliphatic rings. The van der Waals surface area contributed by atoms with Gasteiger partial charge in [-0.1, -0.05) is 0 Å². The van der Waals surface area contributed by atoms with Gasteiger partial charge >= 0.3 is 0 Å². The molecule has 0 aromatic carbocycles. The third kappa shape index (κ3) is 3.38. The van der Waals surface area contributed by atoms with E-state index in [0.717, 1.165) is 29.5 Å². The highest BCUT2D eigenvalue weighted by Gasteiger charge is 2.21. The van der Waals surface area contributed by atoms with Crippen LogP contribution in [-0.2, 0) is 29.0 Å². The molecule has 0 radical (unpaired) electrons. The van der Waals surface area contributed by atoms with Gasteiger partial charge in [0, 0.05) is 36.9 Å². The van der Waals surface area contributed by atoms with Gasteiger partial charge < -0.3 is 10.6 Å². The van der Waals surface area contributed by atoms with Crippen molar-refractivity contribution in [1.29, 1.82) is 0 Å². The van der Waals surface area contributed by atoms with Crippen molar-refractivity contribution >= 4 is 33.4 Å². The lowest BCUT2D eigenvalue weighted by molar-refractivity contribution is -0.125. The second-order valence-electron chi connectivity index (χ2n) is 6.99. The van der Waals surface area contributed by atoms with Crippen LogP contribution in [0.3, 0.4) is 0 Å². The molecule has 8 heteroatoms. The van der Waals surface area contributed by atoms with Crippen LogP contribution >= 0.6 is 11.3 Å². The minimum Gasteiger partial charge on any atom is -0.354 e. The molecule has 0 bridgehead atoms. The Morgan fingerprint density at radius 1 is 1.31 bits per heavy atom. The van der Waals surface area contributed by atoms with Gasteiger partial charge in [0.15, 0.2) is 0 Å². The molecule has 1 atom stereocenters. The van der Waals surface area contributed by atoms with Crippen LogP contribution in [0.2, 0.25) is 0 Å². The molecule has 2 amide bonds. The van der Waals surface area contributed by atoms with Crippen LogP contribution in [0.5, 0.6) is 0 Å². The molecule has 1 aliphatic carbocycles. The highest BCUT2D eigenvalue weighted by atomic mass is 32.1. The summed E-state index contributed by atoms with van der Waals surface area (Å²) in [6.45, 7) is 0.788. The fourth-order valence-corrected chi connectivity index (χ4v) is 4.94. The summed E-state index contributed by atoms with van der Waals surface area (Å²) in [5.74, 6) is -0.0778. The number of aryl methyl sites for hydroxylation is 3. The van der Waals surface area contributed by atoms with Gasteiger partial charge in [-0.2, -0.15) is 0 Å². The van der Waals surface area contributed by atoms with Gasteiger partial charge in [0.05, 0.1) is 11.7 Å². The normalized spacial score (nSPS) is 19.8. The van der Waals surface area contributed by atoms with E-state index in [0.29, 0.717) is 25.9 Å². The number of fused-ring (bicyclic) bond motifs is 3. The average molecular weight is 374 g/mol. The number of nitrogens with one attached hydrogen (secondary N) is 2. The zero-order valence-electron chi connectivity index (χ0n) is 14.5. The SMILES string of the molecule is O=C1CCC(NC(=O)CCn2cnc3sc4c(c3c2=O)CCCC4)CN1. The summed E-state index contributed by atoms with van der Waals surface area (Å²) in [5.41, 5.74) is 1.14. The van der Waals surface area contributed by atoms with Crippen molar-refractivity contribution in [2.24, 2.45) is 0 Å². The monoisotopic (exact) mass is 374 g/mol. The first kappa shape index (κ1) is 17.2. The van der Waals surface area contributed by atoms with Crippen molar-refractivity contribution < 1.29 is 9.59 Å². The predicted molar refractivity (Wildman–Crippen MR) is 99.3 cm³/mol. The number of aromatic nitrogens is 2. The Hall–Kier alpha value is -2.22. The number of nitrogens with zero attached hydrogens (tertiary/aromatic N) is 2. The Kier molecular flexibility index (Phi) is 4.76. The van der Waals surface area contributed by atoms with Crippen molar-refractivity contribution in [3.63, 3.8) is 0 Å². The van der Waals surface area contributed by atoms with Gasteiger partial charge in [-0.3, -0.25) is 19.0 Å². The highest BCUT2D eigenvalue weighted by Crippen LogP contribution is 2.33. The van der Waals surface area contributed by atoms with Crippen molar-refractivity contribution in [2.45, 2.75) is 57.5 Å². The van der Waals surface area contributed by atoms with E-state index in [4.69, 9.17) is 0 Å². The molecule has 0 saturated carbocycles. The molecule has 3 heterocycles. The molecule has 2 aromatic heterocycles. The second kappa shape index (κ2) is 7.19. The third-order valence-electron chi connectivity index (χ3n) is 5.15. The standard InChI is InChI=1S/C18H22N4O3S/c23-14-6-5-11(9-19-14)21-15(24)7-8-22-10-20-17-16(18(22)25)12-3-1-2-4-13(12)26-17/h10-11H,1-9H2,(H,19,23)(H,21,24). The number of rotatable bonds is 4. The molecule has 0 spiro atoms. The smallest absolute Gasteiger partial charge is 0.262 e. The number of carbonyl (C=O) groups excluding carboxylic acids is 2. The predicted octanol–water partition coefficient (Wildman–Crippen LogP) is 1.12. The zero-order valence-corrected chi connectivity index (χ0v) is 15.4. The van der Waals surface area contributed by atoms with Gasteiger partial charge in [-0.25, -0.2) is 4.98 Å².